The molecule has 1 saturated carbocycles. The van der Waals surface area contributed by atoms with E-state index in [4.69, 9.17) is 5.11 Å². The maximum absolute atomic E-state index is 12.7. The predicted octanol–water partition coefficient (Wildman–Crippen LogP) is 3.20. The molecule has 1 fully saturated rings. The molecule has 0 saturated heterocycles. The van der Waals surface area contributed by atoms with E-state index in [0.717, 1.165) is 19.3 Å². The van der Waals surface area contributed by atoms with Crippen molar-refractivity contribution in [1.82, 2.24) is 4.31 Å². The van der Waals surface area contributed by atoms with Gasteiger partial charge in [-0.3, -0.25) is 0 Å². The van der Waals surface area contributed by atoms with Crippen LogP contribution in [0.4, 0.5) is 0 Å². The minimum Gasteiger partial charge on any atom is -0.391 e. The summed E-state index contributed by atoms with van der Waals surface area (Å²) in [6.07, 6.45) is 4.27. The zero-order valence-electron chi connectivity index (χ0n) is 11.7. The Hall–Kier alpha value is 0.0500. The molecule has 1 aliphatic carbocycles. The number of hydrogen-bond acceptors (Lipinski definition) is 4. The van der Waals surface area contributed by atoms with Gasteiger partial charge in [0.1, 0.15) is 4.90 Å². The summed E-state index contributed by atoms with van der Waals surface area (Å²) in [6.45, 7) is 1.99. The molecule has 4 nitrogen and oxygen atoms in total. The summed E-state index contributed by atoms with van der Waals surface area (Å²) in [5, 5.41) is 9.15. The van der Waals surface area contributed by atoms with Crippen LogP contribution in [0.25, 0.3) is 0 Å². The quantitative estimate of drug-likeness (QED) is 0.870. The minimum absolute atomic E-state index is 0.0677. The highest BCUT2D eigenvalue weighted by molar-refractivity contribution is 9.11. The average molecular weight is 382 g/mol. The average Bonchev–Trinajstić information content (AvgIpc) is 2.80. The van der Waals surface area contributed by atoms with Gasteiger partial charge in [0.25, 0.3) is 0 Å². The van der Waals surface area contributed by atoms with Gasteiger partial charge in [0.05, 0.1) is 10.4 Å². The summed E-state index contributed by atoms with van der Waals surface area (Å²) >= 11 is 4.57. The molecule has 2 unspecified atom stereocenters. The second-order valence-electron chi connectivity index (χ2n) is 5.36. The Labute approximate surface area is 133 Å². The van der Waals surface area contributed by atoms with Crippen LogP contribution in [0.2, 0.25) is 0 Å². The van der Waals surface area contributed by atoms with Crippen LogP contribution < -0.4 is 0 Å². The molecule has 1 heterocycles. The highest BCUT2D eigenvalue weighted by Crippen LogP contribution is 2.36. The van der Waals surface area contributed by atoms with Gasteiger partial charge < -0.3 is 5.11 Å². The predicted molar refractivity (Wildman–Crippen MR) is 84.3 cm³/mol. The molecule has 114 valence electrons. The van der Waals surface area contributed by atoms with Gasteiger partial charge in [-0.15, -0.1) is 11.3 Å². The van der Waals surface area contributed by atoms with Crippen LogP contribution in [-0.4, -0.2) is 30.9 Å². The van der Waals surface area contributed by atoms with Crippen molar-refractivity contribution >= 4 is 37.3 Å². The van der Waals surface area contributed by atoms with Crippen LogP contribution in [0.3, 0.4) is 0 Å². The van der Waals surface area contributed by atoms with Crippen molar-refractivity contribution in [2.75, 3.05) is 7.05 Å². The van der Waals surface area contributed by atoms with Gasteiger partial charge in [0, 0.05) is 18.0 Å². The van der Waals surface area contributed by atoms with E-state index in [1.807, 2.05) is 0 Å². The number of sulfonamides is 1. The summed E-state index contributed by atoms with van der Waals surface area (Å²) in [5.41, 5.74) is 0. The summed E-state index contributed by atoms with van der Waals surface area (Å²) in [6, 6.07) is 1.63. The van der Waals surface area contributed by atoms with Crippen molar-refractivity contribution in [3.63, 3.8) is 0 Å². The third kappa shape index (κ3) is 3.11. The van der Waals surface area contributed by atoms with Crippen LogP contribution in [0.15, 0.2) is 14.7 Å². The van der Waals surface area contributed by atoms with Crippen molar-refractivity contribution in [2.24, 2.45) is 5.92 Å². The van der Waals surface area contributed by atoms with Crippen LogP contribution in [0.1, 0.15) is 37.5 Å². The number of aliphatic hydroxyl groups is 1. The molecule has 1 N–H and O–H groups in total. The topological polar surface area (TPSA) is 57.6 Å². The van der Waals surface area contributed by atoms with Gasteiger partial charge in [-0.2, -0.15) is 4.31 Å². The maximum Gasteiger partial charge on any atom is 0.245 e. The van der Waals surface area contributed by atoms with E-state index >= 15 is 0 Å². The molecule has 1 aliphatic rings. The largest absolute Gasteiger partial charge is 0.391 e. The van der Waals surface area contributed by atoms with Gasteiger partial charge in [0.15, 0.2) is 0 Å². The lowest BCUT2D eigenvalue weighted by Crippen LogP contribution is -2.42. The fourth-order valence-corrected chi connectivity index (χ4v) is 6.79. The summed E-state index contributed by atoms with van der Waals surface area (Å²) in [5.74, 6) is 0.387. The van der Waals surface area contributed by atoms with Crippen LogP contribution >= 0.6 is 27.3 Å². The summed E-state index contributed by atoms with van der Waals surface area (Å²) in [7, 11) is -1.83. The molecular weight excluding hydrogens is 362 g/mol. The fraction of sp³-hybridized carbons (Fsp3) is 0.692. The molecule has 7 heteroatoms. The minimum atomic E-state index is -3.51. The highest BCUT2D eigenvalue weighted by atomic mass is 79.9. The molecule has 2 rings (SSSR count). The van der Waals surface area contributed by atoms with Crippen LogP contribution in [0, 0.1) is 5.92 Å². The van der Waals surface area contributed by atoms with E-state index in [-0.39, 0.29) is 17.5 Å². The Morgan fingerprint density at radius 1 is 1.45 bits per heavy atom. The molecule has 0 bridgehead atoms. The molecule has 20 heavy (non-hydrogen) atoms. The lowest BCUT2D eigenvalue weighted by Gasteiger charge is -2.35. The fourth-order valence-electron chi connectivity index (χ4n) is 2.82. The molecule has 2 atom stereocenters. The zero-order chi connectivity index (χ0) is 14.9. The first-order chi connectivity index (χ1) is 9.37. The molecule has 0 aliphatic heterocycles. The summed E-state index contributed by atoms with van der Waals surface area (Å²) in [4.78, 5) is 0.923. The Morgan fingerprint density at radius 3 is 2.65 bits per heavy atom. The highest BCUT2D eigenvalue weighted by Gasteiger charge is 2.34. The maximum atomic E-state index is 12.7. The Kier molecular flexibility index (Phi) is 5.29. The van der Waals surface area contributed by atoms with E-state index in [1.54, 1.807) is 13.1 Å². The van der Waals surface area contributed by atoms with Gasteiger partial charge in [0.2, 0.25) is 10.0 Å². The molecule has 1 aromatic heterocycles. The van der Waals surface area contributed by atoms with Crippen LogP contribution in [-0.2, 0) is 16.6 Å². The van der Waals surface area contributed by atoms with E-state index in [0.29, 0.717) is 14.6 Å². The molecule has 0 spiro atoms. The zero-order valence-corrected chi connectivity index (χ0v) is 14.9. The molecule has 0 aromatic carbocycles. The number of halogens is 1. The lowest BCUT2D eigenvalue weighted by atomic mass is 9.86. The van der Waals surface area contributed by atoms with Gasteiger partial charge >= 0.3 is 0 Å². The third-order valence-corrected chi connectivity index (χ3v) is 8.17. The van der Waals surface area contributed by atoms with Crippen molar-refractivity contribution in [1.29, 1.82) is 0 Å². The number of aliphatic hydroxyl groups excluding tert-OH is 1. The number of rotatable bonds is 4. The molecule has 0 amide bonds. The monoisotopic (exact) mass is 381 g/mol. The number of thiophene rings is 1. The first kappa shape index (κ1) is 16.4. The Balaban J connectivity index is 2.31. The van der Waals surface area contributed by atoms with E-state index in [9.17, 15) is 8.42 Å². The van der Waals surface area contributed by atoms with Gasteiger partial charge in [-0.25, -0.2) is 8.42 Å². The van der Waals surface area contributed by atoms with Crippen molar-refractivity contribution in [3.8, 4) is 0 Å². The Bertz CT molecular complexity index is 570. The molecule has 1 aromatic rings. The lowest BCUT2D eigenvalue weighted by molar-refractivity contribution is 0.213. The van der Waals surface area contributed by atoms with Gasteiger partial charge in [-0.05, 0) is 40.8 Å². The summed E-state index contributed by atoms with van der Waals surface area (Å²) < 4.78 is 27.6. The molecule has 0 radical (unpaired) electrons. The SMILES string of the molecule is CC1CCCCC1N(C)S(=O)(=O)c1cc(CO)sc1Br. The normalized spacial score (nSPS) is 24.2. The first-order valence-corrected chi connectivity index (χ1v) is 9.80. The number of hydrogen-bond donors (Lipinski definition) is 1. The van der Waals surface area contributed by atoms with Crippen molar-refractivity contribution in [3.05, 3.63) is 14.7 Å². The number of nitrogens with zero attached hydrogens (tertiary/aromatic N) is 1. The standard InChI is InChI=1S/C13H20BrNO3S2/c1-9-5-3-4-6-11(9)15(2)20(17,18)12-7-10(8-16)19-13(12)14/h7,9,11,16H,3-6,8H2,1-2H3. The van der Waals surface area contributed by atoms with Crippen molar-refractivity contribution in [2.45, 2.75) is 50.2 Å². The van der Waals surface area contributed by atoms with E-state index < -0.39 is 10.0 Å². The van der Waals surface area contributed by atoms with Crippen molar-refractivity contribution < 1.29 is 13.5 Å². The second kappa shape index (κ2) is 6.44. The first-order valence-electron chi connectivity index (χ1n) is 6.75. The smallest absolute Gasteiger partial charge is 0.245 e. The van der Waals surface area contributed by atoms with Gasteiger partial charge in [-0.1, -0.05) is 19.8 Å². The van der Waals surface area contributed by atoms with E-state index in [2.05, 4.69) is 22.9 Å². The van der Waals surface area contributed by atoms with E-state index in [1.165, 1.54) is 22.1 Å². The van der Waals surface area contributed by atoms with Crippen LogP contribution in [0.5, 0.6) is 0 Å². The second-order valence-corrected chi connectivity index (χ2v) is 9.78. The third-order valence-electron chi connectivity index (χ3n) is 4.05. The Morgan fingerprint density at radius 2 is 2.10 bits per heavy atom. The molecular formula is C13H20BrNO3S2.